The van der Waals surface area contributed by atoms with Gasteiger partial charge >= 0.3 is 0 Å². The number of primary amides is 1. The molecule has 6 nitrogen and oxygen atoms in total. The summed E-state index contributed by atoms with van der Waals surface area (Å²) in [4.78, 5) is 32.8. The molecule has 0 heterocycles. The molecule has 3 amide bonds. The van der Waals surface area contributed by atoms with E-state index in [-0.39, 0.29) is 24.7 Å². The largest absolute Gasteiger partial charge is 0.370 e. The zero-order valence-corrected chi connectivity index (χ0v) is 8.95. The Kier molecular flexibility index (Phi) is 5.54. The number of hydrogen-bond acceptors (Lipinski definition) is 4. The molecule has 0 fully saturated rings. The van der Waals surface area contributed by atoms with Crippen molar-refractivity contribution in [2.75, 3.05) is 0 Å². The van der Waals surface area contributed by atoms with Crippen molar-refractivity contribution in [2.45, 2.75) is 32.7 Å². The molecular weight excluding hydrogens is 198 g/mol. The summed E-state index contributed by atoms with van der Waals surface area (Å²) in [6, 6.07) is -0.875. The number of amides is 3. The van der Waals surface area contributed by atoms with Crippen molar-refractivity contribution in [1.82, 2.24) is 5.32 Å². The number of carbonyl (C=O) groups is 3. The minimum absolute atomic E-state index is 0.0322. The van der Waals surface area contributed by atoms with Crippen LogP contribution in [0.5, 0.6) is 0 Å². The standard InChI is InChI=1S/C9H17N3O3/c1-5(2)8(14)12-9(15)6(10)3-4-7(11)13/h5-6H,3-4,10H2,1-2H3,(H2,11,13)(H,12,14,15)/t6-/m0/s1. The van der Waals surface area contributed by atoms with Crippen molar-refractivity contribution in [3.05, 3.63) is 0 Å². The van der Waals surface area contributed by atoms with Crippen LogP contribution in [-0.4, -0.2) is 23.8 Å². The van der Waals surface area contributed by atoms with Gasteiger partial charge in [-0.25, -0.2) is 0 Å². The summed E-state index contributed by atoms with van der Waals surface area (Å²) >= 11 is 0. The Morgan fingerprint density at radius 1 is 1.20 bits per heavy atom. The second-order valence-electron chi connectivity index (χ2n) is 3.62. The van der Waals surface area contributed by atoms with Crippen molar-refractivity contribution < 1.29 is 14.4 Å². The highest BCUT2D eigenvalue weighted by molar-refractivity contribution is 5.98. The molecule has 15 heavy (non-hydrogen) atoms. The summed E-state index contributed by atoms with van der Waals surface area (Å²) in [5.41, 5.74) is 10.3. The van der Waals surface area contributed by atoms with Gasteiger partial charge in [0.2, 0.25) is 17.7 Å². The van der Waals surface area contributed by atoms with Gasteiger partial charge in [0.05, 0.1) is 6.04 Å². The maximum Gasteiger partial charge on any atom is 0.243 e. The average molecular weight is 215 g/mol. The highest BCUT2D eigenvalue weighted by Gasteiger charge is 2.18. The van der Waals surface area contributed by atoms with Gasteiger partial charge in [0, 0.05) is 12.3 Å². The Labute approximate surface area is 88.4 Å². The monoisotopic (exact) mass is 215 g/mol. The van der Waals surface area contributed by atoms with Gasteiger partial charge in [0.25, 0.3) is 0 Å². The normalized spacial score (nSPS) is 12.3. The topological polar surface area (TPSA) is 115 Å². The lowest BCUT2D eigenvalue weighted by molar-refractivity contribution is -0.132. The molecule has 0 rings (SSSR count). The number of rotatable bonds is 5. The van der Waals surface area contributed by atoms with Crippen LogP contribution >= 0.6 is 0 Å². The van der Waals surface area contributed by atoms with Gasteiger partial charge in [-0.15, -0.1) is 0 Å². The minimum atomic E-state index is -0.875. The minimum Gasteiger partial charge on any atom is -0.370 e. The molecule has 0 radical (unpaired) electrons. The number of carbonyl (C=O) groups excluding carboxylic acids is 3. The predicted molar refractivity (Wildman–Crippen MR) is 54.4 cm³/mol. The zero-order valence-electron chi connectivity index (χ0n) is 8.95. The van der Waals surface area contributed by atoms with Crippen LogP contribution in [0.25, 0.3) is 0 Å². The molecule has 5 N–H and O–H groups in total. The van der Waals surface area contributed by atoms with Crippen LogP contribution in [0.2, 0.25) is 0 Å². The highest BCUT2D eigenvalue weighted by atomic mass is 16.2. The van der Waals surface area contributed by atoms with E-state index in [4.69, 9.17) is 11.5 Å². The highest BCUT2D eigenvalue weighted by Crippen LogP contribution is 1.96. The molecule has 0 aromatic rings. The maximum absolute atomic E-state index is 11.3. The Hall–Kier alpha value is -1.43. The Morgan fingerprint density at radius 3 is 2.13 bits per heavy atom. The van der Waals surface area contributed by atoms with Crippen molar-refractivity contribution in [2.24, 2.45) is 17.4 Å². The molecule has 0 bridgehead atoms. The van der Waals surface area contributed by atoms with Gasteiger partial charge in [-0.3, -0.25) is 19.7 Å². The number of nitrogens with two attached hydrogens (primary N) is 2. The molecule has 86 valence electrons. The molecule has 0 saturated carbocycles. The van der Waals surface area contributed by atoms with Crippen molar-refractivity contribution in [3.63, 3.8) is 0 Å². The Morgan fingerprint density at radius 2 is 1.73 bits per heavy atom. The first-order valence-electron chi connectivity index (χ1n) is 4.73. The van der Waals surface area contributed by atoms with Crippen LogP contribution in [0, 0.1) is 5.92 Å². The van der Waals surface area contributed by atoms with E-state index in [0.717, 1.165) is 0 Å². The van der Waals surface area contributed by atoms with E-state index >= 15 is 0 Å². The van der Waals surface area contributed by atoms with E-state index in [9.17, 15) is 14.4 Å². The molecule has 0 aromatic carbocycles. The molecule has 0 aliphatic heterocycles. The number of hydrogen-bond donors (Lipinski definition) is 3. The van der Waals surface area contributed by atoms with Crippen LogP contribution in [0.1, 0.15) is 26.7 Å². The summed E-state index contributed by atoms with van der Waals surface area (Å²) in [7, 11) is 0. The molecule has 0 aliphatic rings. The number of nitrogens with one attached hydrogen (secondary N) is 1. The fraction of sp³-hybridized carbons (Fsp3) is 0.667. The van der Waals surface area contributed by atoms with Crippen LogP contribution in [0.3, 0.4) is 0 Å². The van der Waals surface area contributed by atoms with Gasteiger partial charge in [0.1, 0.15) is 0 Å². The lowest BCUT2D eigenvalue weighted by atomic mass is 10.1. The maximum atomic E-state index is 11.3. The molecule has 0 saturated heterocycles. The van der Waals surface area contributed by atoms with Gasteiger partial charge in [0.15, 0.2) is 0 Å². The Balaban J connectivity index is 3.99. The predicted octanol–water partition coefficient (Wildman–Crippen LogP) is -1.12. The van der Waals surface area contributed by atoms with E-state index in [0.29, 0.717) is 0 Å². The first-order valence-corrected chi connectivity index (χ1v) is 4.73. The quantitative estimate of drug-likeness (QED) is 0.538. The van der Waals surface area contributed by atoms with Crippen LogP contribution in [0.4, 0.5) is 0 Å². The van der Waals surface area contributed by atoms with Gasteiger partial charge in [-0.1, -0.05) is 13.8 Å². The van der Waals surface area contributed by atoms with Crippen LogP contribution in [-0.2, 0) is 14.4 Å². The molecular formula is C9H17N3O3. The van der Waals surface area contributed by atoms with Crippen LogP contribution < -0.4 is 16.8 Å². The summed E-state index contributed by atoms with van der Waals surface area (Å²) in [6.45, 7) is 3.33. The first kappa shape index (κ1) is 13.6. The summed E-state index contributed by atoms with van der Waals surface area (Å²) in [5.74, 6) is -1.75. The van der Waals surface area contributed by atoms with Gasteiger partial charge in [-0.2, -0.15) is 0 Å². The lowest BCUT2D eigenvalue weighted by Crippen LogP contribution is -2.45. The second kappa shape index (κ2) is 6.13. The zero-order chi connectivity index (χ0) is 12.0. The van der Waals surface area contributed by atoms with Gasteiger partial charge in [-0.05, 0) is 6.42 Å². The van der Waals surface area contributed by atoms with Crippen molar-refractivity contribution in [1.29, 1.82) is 0 Å². The third-order valence-corrected chi connectivity index (χ3v) is 1.81. The van der Waals surface area contributed by atoms with E-state index in [1.165, 1.54) is 0 Å². The Bertz CT molecular complexity index is 263. The molecule has 1 atom stereocenters. The third-order valence-electron chi connectivity index (χ3n) is 1.81. The molecule has 6 heteroatoms. The van der Waals surface area contributed by atoms with E-state index in [1.807, 2.05) is 0 Å². The van der Waals surface area contributed by atoms with E-state index in [1.54, 1.807) is 13.8 Å². The van der Waals surface area contributed by atoms with E-state index in [2.05, 4.69) is 5.32 Å². The third kappa shape index (κ3) is 5.79. The molecule has 0 unspecified atom stereocenters. The first-order chi connectivity index (χ1) is 6.84. The second-order valence-corrected chi connectivity index (χ2v) is 3.62. The summed E-state index contributed by atoms with van der Waals surface area (Å²) in [6.07, 6.45) is 0.178. The van der Waals surface area contributed by atoms with Crippen molar-refractivity contribution in [3.8, 4) is 0 Å². The average Bonchev–Trinajstić information content (AvgIpc) is 2.13. The lowest BCUT2D eigenvalue weighted by Gasteiger charge is -2.11. The smallest absolute Gasteiger partial charge is 0.243 e. The molecule has 0 aliphatic carbocycles. The fourth-order valence-electron chi connectivity index (χ4n) is 0.787. The SMILES string of the molecule is CC(C)C(=O)NC(=O)[C@@H](N)CCC(N)=O. The van der Waals surface area contributed by atoms with Crippen molar-refractivity contribution >= 4 is 17.7 Å². The summed E-state index contributed by atoms with van der Waals surface area (Å²) < 4.78 is 0. The number of imide groups is 1. The van der Waals surface area contributed by atoms with E-state index < -0.39 is 17.9 Å². The van der Waals surface area contributed by atoms with Crippen LogP contribution in [0.15, 0.2) is 0 Å². The van der Waals surface area contributed by atoms with Gasteiger partial charge < -0.3 is 11.5 Å². The molecule has 0 aromatic heterocycles. The summed E-state index contributed by atoms with van der Waals surface area (Å²) in [5, 5.41) is 2.15. The fourth-order valence-corrected chi connectivity index (χ4v) is 0.787. The molecule has 0 spiro atoms.